The zero-order valence-corrected chi connectivity index (χ0v) is 15.9. The average molecular weight is 398 g/mol. The Morgan fingerprint density at radius 2 is 2.15 bits per heavy atom. The first-order chi connectivity index (χ1) is 13.3. The molecule has 1 atom stereocenters. The van der Waals surface area contributed by atoms with Gasteiger partial charge in [0.15, 0.2) is 0 Å². The van der Waals surface area contributed by atoms with Crippen LogP contribution in [0.3, 0.4) is 0 Å². The molecule has 1 N–H and O–H groups in total. The highest BCUT2D eigenvalue weighted by Crippen LogP contribution is 2.33. The predicted octanol–water partition coefficient (Wildman–Crippen LogP) is 4.47. The quantitative estimate of drug-likeness (QED) is 0.550. The highest BCUT2D eigenvalue weighted by Gasteiger charge is 2.33. The molecular formula is C19H16ClN5OS. The van der Waals surface area contributed by atoms with Gasteiger partial charge in [-0.15, -0.1) is 11.3 Å². The Morgan fingerprint density at radius 1 is 1.26 bits per heavy atom. The number of imidazole rings is 1. The van der Waals surface area contributed by atoms with E-state index in [0.717, 1.165) is 36.5 Å². The maximum absolute atomic E-state index is 5.97. The van der Waals surface area contributed by atoms with Crippen molar-refractivity contribution in [1.29, 1.82) is 0 Å². The summed E-state index contributed by atoms with van der Waals surface area (Å²) < 4.78 is 5.66. The Morgan fingerprint density at radius 3 is 2.96 bits per heavy atom. The SMILES string of the molecule is Clc1ccc(-c2noc([C@@H]3Cc4nc[nH]c4CN3Cc3cccs3)n2)cc1. The highest BCUT2D eigenvalue weighted by molar-refractivity contribution is 7.09. The van der Waals surface area contributed by atoms with Gasteiger partial charge in [0, 0.05) is 35.0 Å². The van der Waals surface area contributed by atoms with Gasteiger partial charge in [-0.05, 0) is 35.7 Å². The molecule has 0 unspecified atom stereocenters. The maximum atomic E-state index is 5.97. The lowest BCUT2D eigenvalue weighted by Crippen LogP contribution is -2.34. The zero-order valence-electron chi connectivity index (χ0n) is 14.3. The van der Waals surface area contributed by atoms with Gasteiger partial charge in [0.25, 0.3) is 0 Å². The van der Waals surface area contributed by atoms with Crippen molar-refractivity contribution < 1.29 is 4.52 Å². The fraction of sp³-hybridized carbons (Fsp3) is 0.211. The van der Waals surface area contributed by atoms with Crippen LogP contribution in [-0.2, 0) is 19.5 Å². The summed E-state index contributed by atoms with van der Waals surface area (Å²) in [5, 5.41) is 6.97. The number of fused-ring (bicyclic) bond motifs is 1. The van der Waals surface area contributed by atoms with E-state index in [1.54, 1.807) is 17.7 Å². The molecule has 0 aliphatic carbocycles. The number of aromatic amines is 1. The van der Waals surface area contributed by atoms with Gasteiger partial charge in [-0.1, -0.05) is 22.8 Å². The number of benzene rings is 1. The van der Waals surface area contributed by atoms with Gasteiger partial charge in [-0.25, -0.2) is 4.98 Å². The van der Waals surface area contributed by atoms with Crippen LogP contribution in [0.15, 0.2) is 52.6 Å². The third kappa shape index (κ3) is 3.29. The van der Waals surface area contributed by atoms with Crippen molar-refractivity contribution in [3.05, 3.63) is 75.3 Å². The second-order valence-electron chi connectivity index (χ2n) is 6.50. The van der Waals surface area contributed by atoms with Gasteiger partial charge < -0.3 is 9.51 Å². The van der Waals surface area contributed by atoms with Crippen LogP contribution < -0.4 is 0 Å². The number of hydrogen-bond donors (Lipinski definition) is 1. The first kappa shape index (κ1) is 16.7. The number of H-pyrrole nitrogens is 1. The Bertz CT molecular complexity index is 1040. The molecule has 0 saturated heterocycles. The summed E-state index contributed by atoms with van der Waals surface area (Å²) in [7, 11) is 0. The molecule has 8 heteroatoms. The van der Waals surface area contributed by atoms with Crippen LogP contribution in [0.4, 0.5) is 0 Å². The molecular weight excluding hydrogens is 382 g/mol. The Labute approximate surface area is 164 Å². The van der Waals surface area contributed by atoms with E-state index in [1.807, 2.05) is 24.3 Å². The fourth-order valence-electron chi connectivity index (χ4n) is 3.39. The second-order valence-corrected chi connectivity index (χ2v) is 7.96. The van der Waals surface area contributed by atoms with E-state index in [4.69, 9.17) is 16.1 Å². The van der Waals surface area contributed by atoms with Crippen LogP contribution in [0.25, 0.3) is 11.4 Å². The largest absolute Gasteiger partial charge is 0.347 e. The number of thiophene rings is 1. The molecule has 5 rings (SSSR count). The van der Waals surface area contributed by atoms with Crippen molar-refractivity contribution in [3.63, 3.8) is 0 Å². The number of halogens is 1. The number of aromatic nitrogens is 4. The van der Waals surface area contributed by atoms with E-state index in [9.17, 15) is 0 Å². The Hall–Kier alpha value is -2.48. The lowest BCUT2D eigenvalue weighted by atomic mass is 10.0. The molecule has 4 heterocycles. The monoisotopic (exact) mass is 397 g/mol. The fourth-order valence-corrected chi connectivity index (χ4v) is 4.24. The van der Waals surface area contributed by atoms with E-state index >= 15 is 0 Å². The topological polar surface area (TPSA) is 70.8 Å². The van der Waals surface area contributed by atoms with Crippen LogP contribution in [0.1, 0.15) is 28.2 Å². The molecule has 1 aliphatic rings. The molecule has 4 aromatic rings. The van der Waals surface area contributed by atoms with E-state index in [2.05, 4.69) is 42.5 Å². The normalized spacial score (nSPS) is 17.1. The van der Waals surface area contributed by atoms with Crippen molar-refractivity contribution in [2.75, 3.05) is 0 Å². The number of nitrogens with zero attached hydrogens (tertiary/aromatic N) is 4. The molecule has 3 aromatic heterocycles. The molecule has 0 saturated carbocycles. The van der Waals surface area contributed by atoms with Crippen molar-refractivity contribution in [2.45, 2.75) is 25.6 Å². The smallest absolute Gasteiger partial charge is 0.244 e. The Kier molecular flexibility index (Phi) is 4.27. The van der Waals surface area contributed by atoms with Crippen LogP contribution in [0, 0.1) is 0 Å². The maximum Gasteiger partial charge on any atom is 0.244 e. The van der Waals surface area contributed by atoms with Gasteiger partial charge in [-0.3, -0.25) is 4.90 Å². The standard InChI is InChI=1S/C19H16ClN5OS/c20-13-5-3-12(4-6-13)18-23-19(26-24-18)17-8-15-16(22-11-21-15)10-25(17)9-14-2-1-7-27-14/h1-7,11,17H,8-10H2,(H,21,22)/t17-/m0/s1. The minimum Gasteiger partial charge on any atom is -0.347 e. The summed E-state index contributed by atoms with van der Waals surface area (Å²) in [5.41, 5.74) is 3.10. The van der Waals surface area contributed by atoms with Crippen molar-refractivity contribution in [1.82, 2.24) is 25.0 Å². The third-order valence-corrected chi connectivity index (χ3v) is 5.88. The van der Waals surface area contributed by atoms with Crippen LogP contribution in [0.2, 0.25) is 5.02 Å². The molecule has 0 bridgehead atoms. The summed E-state index contributed by atoms with van der Waals surface area (Å²) in [6, 6.07) is 11.7. The molecule has 0 radical (unpaired) electrons. The molecule has 136 valence electrons. The summed E-state index contributed by atoms with van der Waals surface area (Å²) in [6.45, 7) is 1.61. The van der Waals surface area contributed by atoms with Crippen molar-refractivity contribution >= 4 is 22.9 Å². The van der Waals surface area contributed by atoms with Gasteiger partial charge in [-0.2, -0.15) is 4.98 Å². The van der Waals surface area contributed by atoms with E-state index in [-0.39, 0.29) is 6.04 Å². The molecule has 0 amide bonds. The average Bonchev–Trinajstić information content (AvgIpc) is 3.43. The third-order valence-electron chi connectivity index (χ3n) is 4.76. The number of rotatable bonds is 4. The molecule has 1 aromatic carbocycles. The van der Waals surface area contributed by atoms with Crippen molar-refractivity contribution in [2.24, 2.45) is 0 Å². The van der Waals surface area contributed by atoms with Crippen LogP contribution in [0.5, 0.6) is 0 Å². The first-order valence-electron chi connectivity index (χ1n) is 8.63. The summed E-state index contributed by atoms with van der Waals surface area (Å²) in [6.07, 6.45) is 2.50. The summed E-state index contributed by atoms with van der Waals surface area (Å²) >= 11 is 7.72. The van der Waals surface area contributed by atoms with E-state index < -0.39 is 0 Å². The highest BCUT2D eigenvalue weighted by atomic mass is 35.5. The van der Waals surface area contributed by atoms with Crippen LogP contribution in [-0.4, -0.2) is 25.0 Å². The first-order valence-corrected chi connectivity index (χ1v) is 9.89. The molecule has 1 aliphatic heterocycles. The van der Waals surface area contributed by atoms with Gasteiger partial charge >= 0.3 is 0 Å². The molecule has 0 spiro atoms. The van der Waals surface area contributed by atoms with Gasteiger partial charge in [0.1, 0.15) is 0 Å². The molecule has 0 fully saturated rings. The second kappa shape index (κ2) is 6.92. The predicted molar refractivity (Wildman–Crippen MR) is 103 cm³/mol. The zero-order chi connectivity index (χ0) is 18.2. The number of hydrogen-bond acceptors (Lipinski definition) is 6. The van der Waals surface area contributed by atoms with Crippen molar-refractivity contribution in [3.8, 4) is 11.4 Å². The summed E-state index contributed by atoms with van der Waals surface area (Å²) in [5.74, 6) is 1.19. The van der Waals surface area contributed by atoms with Crippen LogP contribution >= 0.6 is 22.9 Å². The molecule has 27 heavy (non-hydrogen) atoms. The van der Waals surface area contributed by atoms with Gasteiger partial charge in [0.05, 0.1) is 23.8 Å². The summed E-state index contributed by atoms with van der Waals surface area (Å²) in [4.78, 5) is 16.0. The lowest BCUT2D eigenvalue weighted by Gasteiger charge is -2.32. The number of nitrogens with one attached hydrogen (secondary N) is 1. The van der Waals surface area contributed by atoms with E-state index in [0.29, 0.717) is 16.7 Å². The lowest BCUT2D eigenvalue weighted by molar-refractivity contribution is 0.129. The minimum absolute atomic E-state index is 0.00329. The Balaban J connectivity index is 1.46. The minimum atomic E-state index is -0.00329. The van der Waals surface area contributed by atoms with E-state index in [1.165, 1.54) is 4.88 Å². The molecule has 6 nitrogen and oxygen atoms in total. The van der Waals surface area contributed by atoms with Gasteiger partial charge in [0.2, 0.25) is 11.7 Å².